The molecule has 3 heterocycles. The van der Waals surface area contributed by atoms with Gasteiger partial charge in [-0.05, 0) is 27.7 Å². The highest BCUT2D eigenvalue weighted by Gasteiger charge is 2.65. The molecular formula is C12H19ClO8S. The van der Waals surface area contributed by atoms with E-state index in [1.807, 2.05) is 0 Å². The van der Waals surface area contributed by atoms with E-state index in [0.29, 0.717) is 0 Å². The lowest BCUT2D eigenvalue weighted by Crippen LogP contribution is -2.60. The highest BCUT2D eigenvalue weighted by atomic mass is 35.7. The fourth-order valence-electron chi connectivity index (χ4n) is 3.10. The van der Waals surface area contributed by atoms with E-state index in [1.165, 1.54) is 0 Å². The van der Waals surface area contributed by atoms with Crippen LogP contribution >= 0.6 is 10.7 Å². The van der Waals surface area contributed by atoms with Gasteiger partial charge in [0.05, 0.1) is 6.61 Å². The fraction of sp³-hybridized carbons (Fsp3) is 1.00. The summed E-state index contributed by atoms with van der Waals surface area (Å²) in [7, 11) is 0.944. The van der Waals surface area contributed by atoms with Crippen LogP contribution in [0.25, 0.3) is 0 Å². The zero-order valence-electron chi connectivity index (χ0n) is 12.7. The Kier molecular flexibility index (Phi) is 3.83. The van der Waals surface area contributed by atoms with Crippen LogP contribution in [-0.4, -0.2) is 57.3 Å². The normalized spacial score (nSPS) is 42.9. The molecule has 0 N–H and O–H groups in total. The second-order valence-electron chi connectivity index (χ2n) is 6.46. The summed E-state index contributed by atoms with van der Waals surface area (Å²) in [4.78, 5) is 0. The molecule has 3 aliphatic rings. The highest BCUT2D eigenvalue weighted by molar-refractivity contribution is 8.09. The minimum atomic E-state index is -4.16. The molecule has 0 aromatic rings. The maximum atomic E-state index is 11.1. The molecule has 128 valence electrons. The van der Waals surface area contributed by atoms with E-state index in [1.54, 1.807) is 27.7 Å². The molecule has 3 fully saturated rings. The van der Waals surface area contributed by atoms with Crippen LogP contribution in [0.4, 0.5) is 0 Å². The van der Waals surface area contributed by atoms with Crippen molar-refractivity contribution in [3.8, 4) is 0 Å². The van der Waals surface area contributed by atoms with Crippen LogP contribution in [-0.2, 0) is 37.2 Å². The van der Waals surface area contributed by atoms with E-state index in [-0.39, 0.29) is 12.7 Å². The summed E-state index contributed by atoms with van der Waals surface area (Å²) in [5.74, 6) is -3.20. The average Bonchev–Trinajstić information content (AvgIpc) is 2.78. The SMILES string of the molecule is CC1(C)O[C@@H]2[C@H]3OC(C)(C)O[C@@]3(COS(=O)(=O)Cl)OC[C@H]2O1. The number of fused-ring (bicyclic) bond motifs is 3. The zero-order valence-corrected chi connectivity index (χ0v) is 14.3. The molecule has 0 unspecified atom stereocenters. The van der Waals surface area contributed by atoms with Crippen LogP contribution in [0.2, 0.25) is 0 Å². The van der Waals surface area contributed by atoms with E-state index in [9.17, 15) is 8.42 Å². The molecule has 0 aromatic heterocycles. The van der Waals surface area contributed by atoms with Gasteiger partial charge in [0.2, 0.25) is 5.79 Å². The van der Waals surface area contributed by atoms with Crippen molar-refractivity contribution in [2.24, 2.45) is 0 Å². The van der Waals surface area contributed by atoms with E-state index >= 15 is 0 Å². The predicted molar refractivity (Wildman–Crippen MR) is 73.3 cm³/mol. The maximum absolute atomic E-state index is 11.1. The van der Waals surface area contributed by atoms with Crippen LogP contribution in [0, 0.1) is 0 Å². The number of halogens is 1. The second kappa shape index (κ2) is 5.00. The number of ether oxygens (including phenoxy) is 5. The Morgan fingerprint density at radius 1 is 1.14 bits per heavy atom. The second-order valence-corrected chi connectivity index (χ2v) is 8.61. The molecule has 0 aromatic carbocycles. The average molecular weight is 359 g/mol. The molecule has 3 aliphatic heterocycles. The van der Waals surface area contributed by atoms with Crippen molar-refractivity contribution in [2.75, 3.05) is 13.2 Å². The Labute approximate surface area is 133 Å². The molecule has 0 amide bonds. The van der Waals surface area contributed by atoms with Crippen molar-refractivity contribution in [1.29, 1.82) is 0 Å². The Morgan fingerprint density at radius 2 is 1.82 bits per heavy atom. The van der Waals surface area contributed by atoms with Gasteiger partial charge >= 0.3 is 9.33 Å². The van der Waals surface area contributed by atoms with Crippen molar-refractivity contribution in [1.82, 2.24) is 0 Å². The quantitative estimate of drug-likeness (QED) is 0.687. The van der Waals surface area contributed by atoms with Gasteiger partial charge in [-0.2, -0.15) is 8.42 Å². The number of hydrogen-bond donors (Lipinski definition) is 0. The van der Waals surface area contributed by atoms with Crippen LogP contribution in [0.15, 0.2) is 0 Å². The Hall–Kier alpha value is -0.0000000000000000694. The summed E-state index contributed by atoms with van der Waals surface area (Å²) in [6.07, 6.45) is -1.51. The van der Waals surface area contributed by atoms with Crippen molar-refractivity contribution < 1.29 is 36.3 Å². The number of rotatable bonds is 3. The lowest BCUT2D eigenvalue weighted by Gasteiger charge is -2.39. The van der Waals surface area contributed by atoms with E-state index in [0.717, 1.165) is 0 Å². The third kappa shape index (κ3) is 3.13. The molecule has 4 atom stereocenters. The van der Waals surface area contributed by atoms with Crippen LogP contribution in [0.1, 0.15) is 27.7 Å². The topological polar surface area (TPSA) is 89.5 Å². The predicted octanol–water partition coefficient (Wildman–Crippen LogP) is 0.885. The summed E-state index contributed by atoms with van der Waals surface area (Å²) in [5.41, 5.74) is 0. The van der Waals surface area contributed by atoms with Gasteiger partial charge in [-0.25, -0.2) is 0 Å². The van der Waals surface area contributed by atoms with E-state index in [2.05, 4.69) is 4.18 Å². The highest BCUT2D eigenvalue weighted by Crippen LogP contribution is 2.47. The molecule has 3 saturated heterocycles. The van der Waals surface area contributed by atoms with Gasteiger partial charge in [0.15, 0.2) is 11.6 Å². The van der Waals surface area contributed by atoms with Crippen molar-refractivity contribution >= 4 is 20.0 Å². The molecule has 0 aliphatic carbocycles. The first-order chi connectivity index (χ1) is 9.92. The molecule has 10 heteroatoms. The van der Waals surface area contributed by atoms with Gasteiger partial charge in [-0.15, -0.1) is 0 Å². The molecule has 0 radical (unpaired) electrons. The minimum absolute atomic E-state index is 0.162. The molecule has 8 nitrogen and oxygen atoms in total. The summed E-state index contributed by atoms with van der Waals surface area (Å²) in [6, 6.07) is 0. The molecule has 0 spiro atoms. The first-order valence-electron chi connectivity index (χ1n) is 6.88. The van der Waals surface area contributed by atoms with Crippen molar-refractivity contribution in [2.45, 2.75) is 63.4 Å². The Bertz CT molecular complexity index is 561. The van der Waals surface area contributed by atoms with Gasteiger partial charge in [0, 0.05) is 10.7 Å². The number of hydrogen-bond acceptors (Lipinski definition) is 8. The summed E-state index contributed by atoms with van der Waals surface area (Å²) < 4.78 is 55.8. The Morgan fingerprint density at radius 3 is 2.45 bits per heavy atom. The summed E-state index contributed by atoms with van der Waals surface area (Å²) in [6.45, 7) is 6.69. The third-order valence-corrected chi connectivity index (χ3v) is 4.34. The molecular weight excluding hydrogens is 340 g/mol. The minimum Gasteiger partial charge on any atom is -0.343 e. The van der Waals surface area contributed by atoms with Crippen LogP contribution in [0.3, 0.4) is 0 Å². The van der Waals surface area contributed by atoms with E-state index < -0.39 is 45.5 Å². The van der Waals surface area contributed by atoms with Crippen molar-refractivity contribution in [3.05, 3.63) is 0 Å². The molecule has 0 bridgehead atoms. The Balaban J connectivity index is 1.87. The first-order valence-corrected chi connectivity index (χ1v) is 9.12. The third-order valence-electron chi connectivity index (χ3n) is 3.68. The molecule has 0 saturated carbocycles. The molecule has 3 rings (SSSR count). The lowest BCUT2D eigenvalue weighted by molar-refractivity contribution is -0.290. The maximum Gasteiger partial charge on any atom is 0.355 e. The zero-order chi connectivity index (χ0) is 16.4. The summed E-state index contributed by atoms with van der Waals surface area (Å²) in [5, 5.41) is 0. The van der Waals surface area contributed by atoms with Gasteiger partial charge in [0.1, 0.15) is 24.9 Å². The van der Waals surface area contributed by atoms with Crippen LogP contribution in [0.5, 0.6) is 0 Å². The molecule has 22 heavy (non-hydrogen) atoms. The lowest BCUT2D eigenvalue weighted by atomic mass is 9.98. The van der Waals surface area contributed by atoms with Gasteiger partial charge < -0.3 is 23.7 Å². The standard InChI is InChI=1S/C12H19ClO8S/c1-10(2)18-7-5-16-12(6-17-22(13,14)15)9(8(7)19-10)20-11(3,4)21-12/h7-9H,5-6H2,1-4H3/t7-,8+,9-,12-/m1/s1. The monoisotopic (exact) mass is 358 g/mol. The van der Waals surface area contributed by atoms with Gasteiger partial charge in [-0.1, -0.05) is 0 Å². The first kappa shape index (κ1) is 16.8. The van der Waals surface area contributed by atoms with Crippen molar-refractivity contribution in [3.63, 3.8) is 0 Å². The van der Waals surface area contributed by atoms with E-state index in [4.69, 9.17) is 34.4 Å². The van der Waals surface area contributed by atoms with Gasteiger partial charge in [0.25, 0.3) is 0 Å². The smallest absolute Gasteiger partial charge is 0.343 e. The van der Waals surface area contributed by atoms with Gasteiger partial charge in [-0.3, -0.25) is 4.18 Å². The summed E-state index contributed by atoms with van der Waals surface area (Å²) >= 11 is 0. The van der Waals surface area contributed by atoms with Crippen LogP contribution < -0.4 is 0 Å². The fourth-order valence-corrected chi connectivity index (χ4v) is 3.54. The largest absolute Gasteiger partial charge is 0.355 e.